The van der Waals surface area contributed by atoms with Crippen LogP contribution < -0.4 is 0 Å². The molecular formula is C54H32O2. The molecular weight excluding hydrogens is 681 g/mol. The van der Waals surface area contributed by atoms with Crippen molar-refractivity contribution >= 4 is 22.7 Å². The first-order valence-corrected chi connectivity index (χ1v) is 19.3. The molecule has 0 bridgehead atoms. The van der Waals surface area contributed by atoms with Gasteiger partial charge >= 0.3 is 0 Å². The number of ketones is 2. The third-order valence-corrected chi connectivity index (χ3v) is 12.6. The largest absolute Gasteiger partial charge is 0.289 e. The lowest BCUT2D eigenvalue weighted by molar-refractivity contribution is 0.103. The summed E-state index contributed by atoms with van der Waals surface area (Å²) in [5, 5.41) is 0. The second-order valence-electron chi connectivity index (χ2n) is 15.3. The van der Waals surface area contributed by atoms with Crippen molar-refractivity contribution in [1.82, 2.24) is 0 Å². The molecule has 4 aliphatic carbocycles. The van der Waals surface area contributed by atoms with Crippen LogP contribution in [0.5, 0.6) is 0 Å². The maximum absolute atomic E-state index is 14.9. The van der Waals surface area contributed by atoms with Gasteiger partial charge in [-0.05, 0) is 103 Å². The number of rotatable bonds is 2. The Kier molecular flexibility index (Phi) is 6.24. The van der Waals surface area contributed by atoms with E-state index in [1.807, 2.05) is 48.5 Å². The molecule has 0 spiro atoms. The van der Waals surface area contributed by atoms with Gasteiger partial charge in [0.2, 0.25) is 0 Å². The Morgan fingerprint density at radius 1 is 0.250 bits per heavy atom. The Labute approximate surface area is 325 Å². The maximum atomic E-state index is 14.9. The highest BCUT2D eigenvalue weighted by Gasteiger charge is 2.44. The SMILES string of the molecule is Cc1c2c(c3c(c1-c1ccccc1)-c1ccccc1C3=O)-c1ccccc1/C2=C1/c2ccccc2-c2c3c(c(-c4ccccc4)c(C)c21)-c1ccccc1C3=O. The lowest BCUT2D eigenvalue weighted by Crippen LogP contribution is -2.04. The summed E-state index contributed by atoms with van der Waals surface area (Å²) in [6.07, 6.45) is 0. The zero-order chi connectivity index (χ0) is 37.4. The second-order valence-corrected chi connectivity index (χ2v) is 15.3. The van der Waals surface area contributed by atoms with E-state index in [4.69, 9.17) is 0 Å². The van der Waals surface area contributed by atoms with Crippen LogP contribution in [0.1, 0.15) is 65.2 Å². The zero-order valence-corrected chi connectivity index (χ0v) is 30.8. The molecule has 0 unspecified atom stereocenters. The van der Waals surface area contributed by atoms with Crippen LogP contribution in [-0.4, -0.2) is 11.6 Å². The van der Waals surface area contributed by atoms with E-state index < -0.39 is 0 Å². The third-order valence-electron chi connectivity index (χ3n) is 12.6. The third kappa shape index (κ3) is 3.80. The molecule has 0 aromatic heterocycles. The molecule has 0 saturated heterocycles. The molecule has 0 radical (unpaired) electrons. The Morgan fingerprint density at radius 2 is 0.518 bits per heavy atom. The summed E-state index contributed by atoms with van der Waals surface area (Å²) in [6.45, 7) is 4.48. The standard InChI is InChI=1S/C54H32O2/c1-29-41(31-17-5-3-6-18-31)45-37-25-13-15-27-39(37)53(55)51(45)49-35-23-11-9-21-33(35)47(43(29)49)48-34-22-10-12-24-36(34)50-44(48)30(2)42(32-19-7-4-8-20-32)46-38-26-14-16-28-40(38)54(56)52(46)50/h3-28H,1-2H3/b48-47+. The van der Waals surface area contributed by atoms with Crippen molar-refractivity contribution in [3.63, 3.8) is 0 Å². The molecule has 0 heterocycles. The van der Waals surface area contributed by atoms with Crippen molar-refractivity contribution in [2.45, 2.75) is 13.8 Å². The van der Waals surface area contributed by atoms with Gasteiger partial charge in [-0.1, -0.05) is 158 Å². The smallest absolute Gasteiger partial charge is 0.194 e. The lowest BCUT2D eigenvalue weighted by atomic mass is 9.80. The summed E-state index contributed by atoms with van der Waals surface area (Å²) in [6, 6.07) is 54.5. The maximum Gasteiger partial charge on any atom is 0.194 e. The average Bonchev–Trinajstić information content (AvgIpc) is 3.94. The molecule has 8 aromatic rings. The molecule has 260 valence electrons. The molecule has 8 aromatic carbocycles. The molecule has 0 amide bonds. The van der Waals surface area contributed by atoms with Crippen LogP contribution in [0.2, 0.25) is 0 Å². The van der Waals surface area contributed by atoms with Gasteiger partial charge < -0.3 is 0 Å². The highest BCUT2D eigenvalue weighted by molar-refractivity contribution is 6.34. The van der Waals surface area contributed by atoms with Crippen molar-refractivity contribution < 1.29 is 9.59 Å². The fourth-order valence-corrected chi connectivity index (χ4v) is 10.5. The molecule has 56 heavy (non-hydrogen) atoms. The zero-order valence-electron chi connectivity index (χ0n) is 30.8. The van der Waals surface area contributed by atoms with E-state index in [9.17, 15) is 9.59 Å². The second kappa shape index (κ2) is 11.2. The van der Waals surface area contributed by atoms with Gasteiger partial charge in [0, 0.05) is 44.5 Å². The Balaban J connectivity index is 1.30. The Morgan fingerprint density at radius 3 is 0.875 bits per heavy atom. The molecule has 0 N–H and O–H groups in total. The van der Waals surface area contributed by atoms with E-state index in [1.165, 1.54) is 0 Å². The van der Waals surface area contributed by atoms with Gasteiger partial charge in [-0.15, -0.1) is 0 Å². The minimum Gasteiger partial charge on any atom is -0.289 e. The van der Waals surface area contributed by atoms with Crippen LogP contribution in [0, 0.1) is 13.8 Å². The summed E-state index contributed by atoms with van der Waals surface area (Å²) in [7, 11) is 0. The number of carbonyl (C=O) groups is 2. The molecule has 0 atom stereocenters. The van der Waals surface area contributed by atoms with Gasteiger partial charge in [0.25, 0.3) is 0 Å². The van der Waals surface area contributed by atoms with E-state index in [-0.39, 0.29) is 11.6 Å². The Hall–Kier alpha value is -7.16. The highest BCUT2D eigenvalue weighted by atomic mass is 16.1. The van der Waals surface area contributed by atoms with E-state index >= 15 is 0 Å². The van der Waals surface area contributed by atoms with Gasteiger partial charge in [0.05, 0.1) is 0 Å². The summed E-state index contributed by atoms with van der Waals surface area (Å²) in [4.78, 5) is 29.7. The molecule has 0 saturated carbocycles. The van der Waals surface area contributed by atoms with E-state index in [0.29, 0.717) is 0 Å². The predicted molar refractivity (Wildman–Crippen MR) is 227 cm³/mol. The lowest BCUT2D eigenvalue weighted by Gasteiger charge is -2.22. The van der Waals surface area contributed by atoms with Gasteiger partial charge in [-0.2, -0.15) is 0 Å². The number of carbonyl (C=O) groups excluding carboxylic acids is 2. The van der Waals surface area contributed by atoms with Crippen molar-refractivity contribution in [1.29, 1.82) is 0 Å². The van der Waals surface area contributed by atoms with Crippen molar-refractivity contribution in [2.75, 3.05) is 0 Å². The molecule has 0 fully saturated rings. The first-order chi connectivity index (χ1) is 27.5. The summed E-state index contributed by atoms with van der Waals surface area (Å²) < 4.78 is 0. The number of hydrogen-bond acceptors (Lipinski definition) is 2. The average molecular weight is 713 g/mol. The number of benzene rings is 8. The molecule has 2 nitrogen and oxygen atoms in total. The minimum absolute atomic E-state index is 0.0704. The summed E-state index contributed by atoms with van der Waals surface area (Å²) >= 11 is 0. The van der Waals surface area contributed by atoms with E-state index in [0.717, 1.165) is 134 Å². The van der Waals surface area contributed by atoms with E-state index in [2.05, 4.69) is 123 Å². The Bertz CT molecular complexity index is 2950. The van der Waals surface area contributed by atoms with Crippen LogP contribution in [-0.2, 0) is 0 Å². The fourth-order valence-electron chi connectivity index (χ4n) is 10.5. The van der Waals surface area contributed by atoms with Crippen LogP contribution >= 0.6 is 0 Å². The molecule has 4 aliphatic rings. The normalized spacial score (nSPS) is 14.8. The van der Waals surface area contributed by atoms with Gasteiger partial charge in [0.1, 0.15) is 0 Å². The molecule has 12 rings (SSSR count). The monoisotopic (exact) mass is 712 g/mol. The molecule has 2 heteroatoms. The van der Waals surface area contributed by atoms with Crippen molar-refractivity contribution in [2.24, 2.45) is 0 Å². The van der Waals surface area contributed by atoms with Gasteiger partial charge in [0.15, 0.2) is 11.6 Å². The highest BCUT2D eigenvalue weighted by Crippen LogP contribution is 2.63. The van der Waals surface area contributed by atoms with Crippen LogP contribution in [0.25, 0.3) is 77.9 Å². The molecule has 0 aliphatic heterocycles. The summed E-state index contributed by atoms with van der Waals surface area (Å²) in [5.74, 6) is 0.141. The topological polar surface area (TPSA) is 34.1 Å². The first-order valence-electron chi connectivity index (χ1n) is 19.3. The van der Waals surface area contributed by atoms with Gasteiger partial charge in [-0.3, -0.25) is 9.59 Å². The first kappa shape index (κ1) is 31.2. The predicted octanol–water partition coefficient (Wildman–Crippen LogP) is 13.0. The van der Waals surface area contributed by atoms with Crippen LogP contribution in [0.3, 0.4) is 0 Å². The minimum atomic E-state index is 0.0704. The van der Waals surface area contributed by atoms with Crippen molar-refractivity contribution in [3.8, 4) is 66.8 Å². The quantitative estimate of drug-likeness (QED) is 0.179. The van der Waals surface area contributed by atoms with Gasteiger partial charge in [-0.25, -0.2) is 0 Å². The van der Waals surface area contributed by atoms with Crippen LogP contribution in [0.15, 0.2) is 158 Å². The summed E-state index contributed by atoms with van der Waals surface area (Å²) in [5.41, 5.74) is 24.5. The van der Waals surface area contributed by atoms with E-state index in [1.54, 1.807) is 0 Å². The number of hydrogen-bond donors (Lipinski definition) is 0. The fraction of sp³-hybridized carbons (Fsp3) is 0.0370. The van der Waals surface area contributed by atoms with Crippen LogP contribution in [0.4, 0.5) is 0 Å². The number of fused-ring (bicyclic) bond motifs is 14. The van der Waals surface area contributed by atoms with Crippen molar-refractivity contribution in [3.05, 3.63) is 213 Å².